The van der Waals surface area contributed by atoms with E-state index in [0.717, 1.165) is 52.0 Å². The lowest BCUT2D eigenvalue weighted by Crippen LogP contribution is -2.40. The van der Waals surface area contributed by atoms with E-state index in [2.05, 4.69) is 10.3 Å². The van der Waals surface area contributed by atoms with Gasteiger partial charge >= 0.3 is 0 Å². The fourth-order valence-corrected chi connectivity index (χ4v) is 4.76. The Morgan fingerprint density at radius 1 is 1.28 bits per heavy atom. The first kappa shape index (κ1) is 19.7. The summed E-state index contributed by atoms with van der Waals surface area (Å²) in [4.78, 5) is 20.4. The quantitative estimate of drug-likeness (QED) is 0.612. The Balaban J connectivity index is 1.54. The van der Waals surface area contributed by atoms with Crippen LogP contribution in [0.1, 0.15) is 17.7 Å². The number of carbonyl (C=O) groups is 1. The lowest BCUT2D eigenvalue weighted by Gasteiger charge is -2.36. The minimum Gasteiger partial charge on any atom is -0.485 e. The van der Waals surface area contributed by atoms with Crippen LogP contribution in [0.5, 0.6) is 5.75 Å². The van der Waals surface area contributed by atoms with Crippen LogP contribution in [-0.2, 0) is 38.1 Å². The minimum absolute atomic E-state index is 0.0492. The van der Waals surface area contributed by atoms with Crippen molar-refractivity contribution in [1.29, 1.82) is 0 Å². The highest BCUT2D eigenvalue weighted by Crippen LogP contribution is 2.44. The summed E-state index contributed by atoms with van der Waals surface area (Å²) in [7, 11) is 1.97. The van der Waals surface area contributed by atoms with Gasteiger partial charge in [-0.05, 0) is 6.07 Å². The molecule has 1 unspecified atom stereocenters. The number of carbonyl (C=O) groups excluding carboxylic acids is 1. The number of ether oxygens (including phenoxy) is 4. The summed E-state index contributed by atoms with van der Waals surface area (Å²) in [5.41, 5.74) is 4.16. The lowest BCUT2D eigenvalue weighted by molar-refractivity contribution is -0.105. The minimum atomic E-state index is -0.534. The van der Waals surface area contributed by atoms with Gasteiger partial charge in [0, 0.05) is 55.3 Å². The molecule has 9 nitrogen and oxygen atoms in total. The summed E-state index contributed by atoms with van der Waals surface area (Å²) in [5, 5.41) is 3.58. The average Bonchev–Trinajstić information content (AvgIpc) is 3.36. The fraction of sp³-hybridized carbons (Fsp3) is 0.435. The number of aryl methyl sites for hydroxylation is 1. The molecule has 0 aliphatic carbocycles. The third-order valence-electron chi connectivity index (χ3n) is 6.49. The Morgan fingerprint density at radius 2 is 2.19 bits per heavy atom. The van der Waals surface area contributed by atoms with Crippen LogP contribution in [0, 0.1) is 0 Å². The summed E-state index contributed by atoms with van der Waals surface area (Å²) in [5.74, 6) is 1.33. The maximum absolute atomic E-state index is 10.9. The smallest absolute Gasteiger partial charge is 0.212 e. The van der Waals surface area contributed by atoms with Gasteiger partial charge in [-0.2, -0.15) is 0 Å². The second-order valence-corrected chi connectivity index (χ2v) is 8.51. The Morgan fingerprint density at radius 3 is 2.94 bits per heavy atom. The van der Waals surface area contributed by atoms with Gasteiger partial charge in [-0.15, -0.1) is 0 Å². The highest BCUT2D eigenvalue weighted by Gasteiger charge is 2.44. The van der Waals surface area contributed by atoms with E-state index in [4.69, 9.17) is 23.9 Å². The Kier molecular flexibility index (Phi) is 4.63. The molecule has 1 atom stereocenters. The zero-order valence-electron chi connectivity index (χ0n) is 17.8. The number of pyridine rings is 2. The third kappa shape index (κ3) is 3.08. The number of anilines is 1. The molecule has 1 N–H and O–H groups in total. The van der Waals surface area contributed by atoms with Gasteiger partial charge in [-0.25, -0.2) is 9.97 Å². The van der Waals surface area contributed by atoms with E-state index in [1.807, 2.05) is 29.9 Å². The van der Waals surface area contributed by atoms with Crippen LogP contribution in [0.15, 0.2) is 24.5 Å². The molecule has 0 saturated carbocycles. The largest absolute Gasteiger partial charge is 0.485 e. The van der Waals surface area contributed by atoms with Gasteiger partial charge in [0.05, 0.1) is 49.5 Å². The van der Waals surface area contributed by atoms with Crippen molar-refractivity contribution >= 4 is 23.1 Å². The molecule has 9 heteroatoms. The molecule has 3 aliphatic heterocycles. The molecule has 2 fully saturated rings. The number of aromatic nitrogens is 3. The molecular weight excluding hydrogens is 412 g/mol. The van der Waals surface area contributed by atoms with Gasteiger partial charge in [0.1, 0.15) is 23.3 Å². The second kappa shape index (κ2) is 7.54. The standard InChI is InChI=1S/C23H24N4O5/c1-27-9-17(16-6-21(25-13-28)24-8-19(16)27)18-7-20(32-14-10-30-11-14)15-2-4-31-23(22(15)26-18)3-5-29-12-23/h6-9,13-14H,2-5,10-12H2,1H3,(H,24,25,28). The van der Waals surface area contributed by atoms with Crippen molar-refractivity contribution in [3.63, 3.8) is 0 Å². The van der Waals surface area contributed by atoms with Crippen LogP contribution < -0.4 is 10.1 Å². The SMILES string of the molecule is Cn1cc(-c2cc(OC3COC3)c3c(n2)C2(CCOC2)OCC3)c2cc(NC=O)ncc21. The van der Waals surface area contributed by atoms with Gasteiger partial charge in [-0.1, -0.05) is 0 Å². The number of nitrogens with one attached hydrogen (secondary N) is 1. The molecule has 32 heavy (non-hydrogen) atoms. The molecule has 166 valence electrons. The van der Waals surface area contributed by atoms with Crippen LogP contribution >= 0.6 is 0 Å². The molecule has 3 aliphatic rings. The van der Waals surface area contributed by atoms with E-state index in [9.17, 15) is 4.79 Å². The number of amides is 1. The van der Waals surface area contributed by atoms with Crippen molar-refractivity contribution in [3.05, 3.63) is 35.8 Å². The zero-order valence-corrected chi connectivity index (χ0v) is 17.8. The second-order valence-electron chi connectivity index (χ2n) is 8.51. The average molecular weight is 436 g/mol. The molecule has 6 rings (SSSR count). The fourth-order valence-electron chi connectivity index (χ4n) is 4.76. The van der Waals surface area contributed by atoms with Gasteiger partial charge in [-0.3, -0.25) is 4.79 Å². The van der Waals surface area contributed by atoms with Crippen molar-refractivity contribution in [2.24, 2.45) is 7.05 Å². The maximum atomic E-state index is 10.9. The predicted molar refractivity (Wildman–Crippen MR) is 116 cm³/mol. The molecule has 0 radical (unpaired) electrons. The van der Waals surface area contributed by atoms with E-state index in [1.54, 1.807) is 6.20 Å². The first-order chi connectivity index (χ1) is 15.7. The first-order valence-corrected chi connectivity index (χ1v) is 10.8. The number of hydrogen-bond acceptors (Lipinski definition) is 7. The zero-order chi connectivity index (χ0) is 21.7. The molecule has 6 heterocycles. The number of fused-ring (bicyclic) bond motifs is 3. The first-order valence-electron chi connectivity index (χ1n) is 10.8. The number of rotatable bonds is 5. The van der Waals surface area contributed by atoms with E-state index in [0.29, 0.717) is 45.3 Å². The van der Waals surface area contributed by atoms with Gasteiger partial charge < -0.3 is 28.8 Å². The summed E-state index contributed by atoms with van der Waals surface area (Å²) in [6.45, 7) is 2.96. The van der Waals surface area contributed by atoms with Crippen LogP contribution in [0.2, 0.25) is 0 Å². The normalized spacial score (nSPS) is 22.7. The van der Waals surface area contributed by atoms with Gasteiger partial charge in [0.15, 0.2) is 0 Å². The highest BCUT2D eigenvalue weighted by atomic mass is 16.6. The Hall–Kier alpha value is -3.01. The van der Waals surface area contributed by atoms with E-state index in [-0.39, 0.29) is 6.10 Å². The van der Waals surface area contributed by atoms with Crippen LogP contribution in [0.25, 0.3) is 22.2 Å². The number of nitrogens with zero attached hydrogens (tertiary/aromatic N) is 3. The van der Waals surface area contributed by atoms with Crippen molar-refractivity contribution < 1.29 is 23.7 Å². The van der Waals surface area contributed by atoms with Crippen molar-refractivity contribution in [2.75, 3.05) is 38.4 Å². The predicted octanol–water partition coefficient (Wildman–Crippen LogP) is 2.17. The molecular formula is C23H24N4O5. The molecule has 0 bridgehead atoms. The Bertz CT molecular complexity index is 1200. The van der Waals surface area contributed by atoms with Gasteiger partial charge in [0.2, 0.25) is 6.41 Å². The molecule has 0 aromatic carbocycles. The number of hydrogen-bond donors (Lipinski definition) is 1. The van der Waals surface area contributed by atoms with Crippen molar-refractivity contribution in [2.45, 2.75) is 24.5 Å². The third-order valence-corrected chi connectivity index (χ3v) is 6.49. The monoisotopic (exact) mass is 436 g/mol. The van der Waals surface area contributed by atoms with E-state index < -0.39 is 5.60 Å². The Labute approximate surface area is 184 Å². The lowest BCUT2D eigenvalue weighted by atomic mass is 9.89. The van der Waals surface area contributed by atoms with Crippen molar-refractivity contribution in [3.8, 4) is 17.0 Å². The molecule has 1 amide bonds. The molecule has 3 aromatic rings. The van der Waals surface area contributed by atoms with Crippen LogP contribution in [-0.4, -0.2) is 60.1 Å². The summed E-state index contributed by atoms with van der Waals surface area (Å²) in [6.07, 6.45) is 5.98. The van der Waals surface area contributed by atoms with Crippen molar-refractivity contribution in [1.82, 2.24) is 14.5 Å². The molecule has 3 aromatic heterocycles. The van der Waals surface area contributed by atoms with E-state index >= 15 is 0 Å². The van der Waals surface area contributed by atoms with Gasteiger partial charge in [0.25, 0.3) is 0 Å². The molecule has 1 spiro atoms. The summed E-state index contributed by atoms with van der Waals surface area (Å²) >= 11 is 0. The van der Waals surface area contributed by atoms with Crippen LogP contribution in [0.4, 0.5) is 5.82 Å². The summed E-state index contributed by atoms with van der Waals surface area (Å²) in [6, 6.07) is 3.89. The maximum Gasteiger partial charge on any atom is 0.212 e. The topological polar surface area (TPSA) is 96.7 Å². The summed E-state index contributed by atoms with van der Waals surface area (Å²) < 4.78 is 25.7. The van der Waals surface area contributed by atoms with Crippen LogP contribution in [0.3, 0.4) is 0 Å². The molecule has 2 saturated heterocycles. The van der Waals surface area contributed by atoms with E-state index in [1.165, 1.54) is 0 Å². The highest BCUT2D eigenvalue weighted by molar-refractivity contribution is 5.97.